The Hall–Kier alpha value is -0.760. The van der Waals surface area contributed by atoms with Crippen LogP contribution in [0.3, 0.4) is 0 Å². The van der Waals surface area contributed by atoms with Crippen molar-refractivity contribution in [3.05, 3.63) is 29.0 Å². The van der Waals surface area contributed by atoms with Crippen LogP contribution in [0.15, 0.2) is 18.2 Å². The topological polar surface area (TPSA) is 12.0 Å². The molecule has 0 saturated carbocycles. The average Bonchev–Trinajstić information content (AvgIpc) is 2.31. The molecule has 0 bridgehead atoms. The van der Waals surface area contributed by atoms with Gasteiger partial charge in [-0.3, -0.25) is 0 Å². The van der Waals surface area contributed by atoms with Gasteiger partial charge in [-0.25, -0.2) is 4.39 Å². The van der Waals surface area contributed by atoms with Crippen molar-refractivity contribution in [3.8, 4) is 0 Å². The predicted octanol–water partition coefficient (Wildman–Crippen LogP) is 5.11. The summed E-state index contributed by atoms with van der Waals surface area (Å²) in [5.74, 6) is 0.341. The zero-order valence-electron chi connectivity index (χ0n) is 10.6. The molecule has 0 spiro atoms. The fourth-order valence-electron chi connectivity index (χ4n) is 1.83. The van der Waals surface area contributed by atoms with Gasteiger partial charge in [0.25, 0.3) is 0 Å². The second kappa shape index (κ2) is 7.54. The highest BCUT2D eigenvalue weighted by Gasteiger charge is 2.07. The highest BCUT2D eigenvalue weighted by Crippen LogP contribution is 2.20. The summed E-state index contributed by atoms with van der Waals surface area (Å²) in [6.45, 7) is 5.20. The van der Waals surface area contributed by atoms with Gasteiger partial charge >= 0.3 is 0 Å². The lowest BCUT2D eigenvalue weighted by Crippen LogP contribution is -2.14. The van der Waals surface area contributed by atoms with Crippen LogP contribution in [-0.4, -0.2) is 6.54 Å². The Morgan fingerprint density at radius 2 is 2.12 bits per heavy atom. The first-order valence-electron chi connectivity index (χ1n) is 6.36. The van der Waals surface area contributed by atoms with E-state index in [1.165, 1.54) is 25.3 Å². The molecule has 0 heterocycles. The van der Waals surface area contributed by atoms with E-state index >= 15 is 0 Å². The Kier molecular flexibility index (Phi) is 6.35. The number of hydrogen-bond acceptors (Lipinski definition) is 1. The molecule has 1 rings (SSSR count). The number of benzene rings is 1. The third-order valence-corrected chi connectivity index (χ3v) is 3.29. The molecule has 1 atom stereocenters. The molecule has 3 heteroatoms. The minimum Gasteiger partial charge on any atom is -0.382 e. The van der Waals surface area contributed by atoms with E-state index < -0.39 is 0 Å². The van der Waals surface area contributed by atoms with Crippen molar-refractivity contribution in [1.82, 2.24) is 0 Å². The minimum absolute atomic E-state index is 0.275. The maximum atomic E-state index is 13.5. The summed E-state index contributed by atoms with van der Waals surface area (Å²) < 4.78 is 13.5. The van der Waals surface area contributed by atoms with Crippen molar-refractivity contribution < 1.29 is 4.39 Å². The van der Waals surface area contributed by atoms with Crippen molar-refractivity contribution >= 4 is 17.3 Å². The first kappa shape index (κ1) is 14.3. The summed E-state index contributed by atoms with van der Waals surface area (Å²) in [6, 6.07) is 4.75. The molecule has 0 aliphatic heterocycles. The Morgan fingerprint density at radius 3 is 2.71 bits per heavy atom. The van der Waals surface area contributed by atoms with Crippen LogP contribution in [0.1, 0.15) is 39.5 Å². The van der Waals surface area contributed by atoms with Gasteiger partial charge in [0.15, 0.2) is 0 Å². The number of unbranched alkanes of at least 4 members (excludes halogenated alkanes) is 1. The SMILES string of the molecule is CCCCC(CC)CNc1ccc(Cl)cc1F. The molecule has 0 saturated heterocycles. The van der Waals surface area contributed by atoms with Crippen LogP contribution in [0.5, 0.6) is 0 Å². The van der Waals surface area contributed by atoms with Crippen molar-refractivity contribution in [3.63, 3.8) is 0 Å². The van der Waals surface area contributed by atoms with Gasteiger partial charge in [0, 0.05) is 11.6 Å². The Morgan fingerprint density at radius 1 is 1.35 bits per heavy atom. The second-order valence-electron chi connectivity index (χ2n) is 4.42. The van der Waals surface area contributed by atoms with Gasteiger partial charge in [0.2, 0.25) is 0 Å². The van der Waals surface area contributed by atoms with Crippen molar-refractivity contribution in [2.45, 2.75) is 39.5 Å². The van der Waals surface area contributed by atoms with Gasteiger partial charge in [-0.05, 0) is 30.5 Å². The lowest BCUT2D eigenvalue weighted by atomic mass is 9.99. The Balaban J connectivity index is 2.47. The van der Waals surface area contributed by atoms with Crippen LogP contribution in [0.4, 0.5) is 10.1 Å². The van der Waals surface area contributed by atoms with E-state index in [0.29, 0.717) is 16.6 Å². The smallest absolute Gasteiger partial charge is 0.147 e. The van der Waals surface area contributed by atoms with E-state index in [4.69, 9.17) is 11.6 Å². The molecule has 1 nitrogen and oxygen atoms in total. The van der Waals surface area contributed by atoms with Gasteiger partial charge in [0.05, 0.1) is 5.69 Å². The van der Waals surface area contributed by atoms with E-state index in [1.807, 2.05) is 0 Å². The number of halogens is 2. The van der Waals surface area contributed by atoms with Crippen molar-refractivity contribution in [1.29, 1.82) is 0 Å². The van der Waals surface area contributed by atoms with Crippen LogP contribution >= 0.6 is 11.6 Å². The average molecular weight is 258 g/mol. The lowest BCUT2D eigenvalue weighted by Gasteiger charge is -2.16. The summed E-state index contributed by atoms with van der Waals surface area (Å²) in [5.41, 5.74) is 0.546. The van der Waals surface area contributed by atoms with Crippen molar-refractivity contribution in [2.75, 3.05) is 11.9 Å². The highest BCUT2D eigenvalue weighted by molar-refractivity contribution is 6.30. The van der Waals surface area contributed by atoms with Gasteiger partial charge in [-0.2, -0.15) is 0 Å². The number of rotatable bonds is 7. The fraction of sp³-hybridized carbons (Fsp3) is 0.571. The zero-order valence-corrected chi connectivity index (χ0v) is 11.4. The number of anilines is 1. The second-order valence-corrected chi connectivity index (χ2v) is 4.86. The molecule has 0 aliphatic rings. The highest BCUT2D eigenvalue weighted by atomic mass is 35.5. The Labute approximate surface area is 108 Å². The fourth-order valence-corrected chi connectivity index (χ4v) is 1.99. The van der Waals surface area contributed by atoms with Crippen LogP contribution < -0.4 is 5.32 Å². The first-order valence-corrected chi connectivity index (χ1v) is 6.74. The maximum Gasteiger partial charge on any atom is 0.147 e. The molecular formula is C14H21ClFN. The predicted molar refractivity (Wildman–Crippen MR) is 73.2 cm³/mol. The van der Waals surface area contributed by atoms with Gasteiger partial charge in [0.1, 0.15) is 5.82 Å². The van der Waals surface area contributed by atoms with Crippen molar-refractivity contribution in [2.24, 2.45) is 5.92 Å². The van der Waals surface area contributed by atoms with Crippen LogP contribution in [0, 0.1) is 11.7 Å². The molecule has 96 valence electrons. The zero-order chi connectivity index (χ0) is 12.7. The lowest BCUT2D eigenvalue weighted by molar-refractivity contribution is 0.471. The molecule has 0 fully saturated rings. The van der Waals surface area contributed by atoms with Crippen LogP contribution in [-0.2, 0) is 0 Å². The van der Waals surface area contributed by atoms with E-state index in [2.05, 4.69) is 19.2 Å². The molecule has 1 N–H and O–H groups in total. The summed E-state index contributed by atoms with van der Waals surface area (Å²) in [7, 11) is 0. The molecular weight excluding hydrogens is 237 g/mol. The molecule has 0 aromatic heterocycles. The quantitative estimate of drug-likeness (QED) is 0.716. The van der Waals surface area contributed by atoms with Crippen LogP contribution in [0.2, 0.25) is 5.02 Å². The number of hydrogen-bond donors (Lipinski definition) is 1. The van der Waals surface area contributed by atoms with E-state index in [9.17, 15) is 4.39 Å². The van der Waals surface area contributed by atoms with E-state index in [-0.39, 0.29) is 5.82 Å². The van der Waals surface area contributed by atoms with Crippen LogP contribution in [0.25, 0.3) is 0 Å². The molecule has 0 aliphatic carbocycles. The molecule has 0 radical (unpaired) electrons. The molecule has 0 amide bonds. The largest absolute Gasteiger partial charge is 0.382 e. The van der Waals surface area contributed by atoms with Gasteiger partial charge in [-0.1, -0.05) is 44.7 Å². The standard InChI is InChI=1S/C14H21ClFN/c1-3-5-6-11(4-2)10-17-14-8-7-12(15)9-13(14)16/h7-9,11,17H,3-6,10H2,1-2H3. The minimum atomic E-state index is -0.275. The summed E-state index contributed by atoms with van der Waals surface area (Å²) in [5, 5.41) is 3.60. The first-order chi connectivity index (χ1) is 8.17. The van der Waals surface area contributed by atoms with Gasteiger partial charge in [-0.15, -0.1) is 0 Å². The third-order valence-electron chi connectivity index (χ3n) is 3.06. The molecule has 1 unspecified atom stereocenters. The van der Waals surface area contributed by atoms with E-state index in [1.54, 1.807) is 12.1 Å². The normalized spacial score (nSPS) is 12.5. The number of nitrogens with one attached hydrogen (secondary N) is 1. The third kappa shape index (κ3) is 4.95. The molecule has 17 heavy (non-hydrogen) atoms. The molecule has 1 aromatic rings. The Bertz CT molecular complexity index is 341. The van der Waals surface area contributed by atoms with Gasteiger partial charge < -0.3 is 5.32 Å². The molecule has 1 aromatic carbocycles. The maximum absolute atomic E-state index is 13.5. The summed E-state index contributed by atoms with van der Waals surface area (Å²) >= 11 is 5.71. The summed E-state index contributed by atoms with van der Waals surface area (Å²) in [6.07, 6.45) is 4.78. The monoisotopic (exact) mass is 257 g/mol. The summed E-state index contributed by atoms with van der Waals surface area (Å²) in [4.78, 5) is 0. The van der Waals surface area contributed by atoms with E-state index in [0.717, 1.165) is 13.0 Å².